The molecule has 0 aliphatic rings. The van der Waals surface area contributed by atoms with Crippen molar-refractivity contribution in [3.8, 4) is 0 Å². The molecular weight excluding hydrogens is 420 g/mol. The van der Waals surface area contributed by atoms with Gasteiger partial charge in [-0.2, -0.15) is 0 Å². The Morgan fingerprint density at radius 2 is 1.62 bits per heavy atom. The molecule has 0 bridgehead atoms. The summed E-state index contributed by atoms with van der Waals surface area (Å²) in [6, 6.07) is 8.61. The first kappa shape index (κ1) is 16.3. The van der Waals surface area contributed by atoms with Gasteiger partial charge < -0.3 is 5.73 Å². The molecule has 21 heavy (non-hydrogen) atoms. The van der Waals surface area contributed by atoms with Gasteiger partial charge in [0.15, 0.2) is 0 Å². The van der Waals surface area contributed by atoms with Crippen LogP contribution >= 0.6 is 31.9 Å². The molecule has 0 spiro atoms. The number of nitrogen functional groups attached to an aromatic ring is 1. The average Bonchev–Trinajstić information content (AvgIpc) is 2.36. The van der Waals surface area contributed by atoms with Crippen molar-refractivity contribution < 1.29 is 8.42 Å². The van der Waals surface area contributed by atoms with Gasteiger partial charge in [-0.15, -0.1) is 0 Å². The molecule has 2 aromatic carbocycles. The van der Waals surface area contributed by atoms with Crippen molar-refractivity contribution in [2.24, 2.45) is 0 Å². The van der Waals surface area contributed by atoms with Crippen molar-refractivity contribution >= 4 is 53.3 Å². The van der Waals surface area contributed by atoms with Gasteiger partial charge >= 0.3 is 0 Å². The van der Waals surface area contributed by atoms with E-state index in [0.29, 0.717) is 25.9 Å². The predicted octanol–water partition coefficient (Wildman–Crippen LogP) is 4.21. The van der Waals surface area contributed by atoms with E-state index < -0.39 is 10.0 Å². The molecule has 2 rings (SSSR count). The number of rotatable bonds is 3. The van der Waals surface area contributed by atoms with Crippen LogP contribution in [0.1, 0.15) is 11.1 Å². The number of nitrogens with two attached hydrogens (primary N) is 1. The van der Waals surface area contributed by atoms with Crippen LogP contribution < -0.4 is 10.5 Å². The lowest BCUT2D eigenvalue weighted by atomic mass is 10.2. The fourth-order valence-corrected chi connectivity index (χ4v) is 4.99. The molecule has 3 N–H and O–H groups in total. The molecule has 0 heterocycles. The number of benzene rings is 2. The van der Waals surface area contributed by atoms with Crippen LogP contribution in [0, 0.1) is 13.8 Å². The third-order valence-electron chi connectivity index (χ3n) is 2.93. The van der Waals surface area contributed by atoms with E-state index in [-0.39, 0.29) is 4.90 Å². The predicted molar refractivity (Wildman–Crippen MR) is 93.0 cm³/mol. The van der Waals surface area contributed by atoms with E-state index in [1.54, 1.807) is 31.2 Å². The summed E-state index contributed by atoms with van der Waals surface area (Å²) in [7, 11) is -3.68. The van der Waals surface area contributed by atoms with Gasteiger partial charge in [-0.05, 0) is 75.0 Å². The molecule has 0 radical (unpaired) electrons. The highest BCUT2D eigenvalue weighted by Crippen LogP contribution is 2.35. The zero-order chi connectivity index (χ0) is 15.8. The maximum Gasteiger partial charge on any atom is 0.262 e. The number of sulfonamides is 1. The lowest BCUT2D eigenvalue weighted by Crippen LogP contribution is -2.15. The van der Waals surface area contributed by atoms with E-state index in [2.05, 4.69) is 36.6 Å². The van der Waals surface area contributed by atoms with Crippen LogP contribution in [-0.2, 0) is 10.0 Å². The summed E-state index contributed by atoms with van der Waals surface area (Å²) in [6.45, 7) is 3.62. The molecule has 0 atom stereocenters. The Morgan fingerprint density at radius 1 is 1.05 bits per heavy atom. The molecular formula is C14H14Br2N2O2S. The summed E-state index contributed by atoms with van der Waals surface area (Å²) < 4.78 is 28.9. The quantitative estimate of drug-likeness (QED) is 0.712. The first-order valence-electron chi connectivity index (χ1n) is 6.05. The molecule has 0 amide bonds. The number of hydrogen-bond donors (Lipinski definition) is 2. The van der Waals surface area contributed by atoms with Crippen molar-refractivity contribution in [3.63, 3.8) is 0 Å². The normalized spacial score (nSPS) is 11.4. The Balaban J connectivity index is 2.50. The average molecular weight is 434 g/mol. The highest BCUT2D eigenvalue weighted by atomic mass is 79.9. The second-order valence-electron chi connectivity index (χ2n) is 4.73. The molecule has 0 saturated carbocycles. The van der Waals surface area contributed by atoms with E-state index in [1.807, 2.05) is 13.0 Å². The van der Waals surface area contributed by atoms with E-state index >= 15 is 0 Å². The highest BCUT2D eigenvalue weighted by Gasteiger charge is 2.20. The van der Waals surface area contributed by atoms with Crippen LogP contribution in [0.2, 0.25) is 0 Å². The highest BCUT2D eigenvalue weighted by molar-refractivity contribution is 9.11. The van der Waals surface area contributed by atoms with E-state index in [9.17, 15) is 8.42 Å². The maximum atomic E-state index is 12.6. The van der Waals surface area contributed by atoms with Gasteiger partial charge in [0.25, 0.3) is 10.0 Å². The van der Waals surface area contributed by atoms with Gasteiger partial charge in [0, 0.05) is 14.6 Å². The number of anilines is 2. The fraction of sp³-hybridized carbons (Fsp3) is 0.143. The van der Waals surface area contributed by atoms with E-state index in [1.165, 1.54) is 0 Å². The first-order valence-corrected chi connectivity index (χ1v) is 9.12. The van der Waals surface area contributed by atoms with Crippen LogP contribution in [0.3, 0.4) is 0 Å². The minimum Gasteiger partial charge on any atom is -0.399 e. The van der Waals surface area contributed by atoms with Gasteiger partial charge in [-0.25, -0.2) is 8.42 Å². The molecule has 0 aromatic heterocycles. The Kier molecular flexibility index (Phi) is 4.65. The smallest absolute Gasteiger partial charge is 0.262 e. The molecule has 112 valence electrons. The second-order valence-corrected chi connectivity index (χ2v) is 8.09. The zero-order valence-electron chi connectivity index (χ0n) is 11.4. The van der Waals surface area contributed by atoms with E-state index in [0.717, 1.165) is 5.56 Å². The van der Waals surface area contributed by atoms with Gasteiger partial charge in [-0.1, -0.05) is 12.1 Å². The van der Waals surface area contributed by atoms with Crippen molar-refractivity contribution in [1.29, 1.82) is 0 Å². The van der Waals surface area contributed by atoms with Crippen molar-refractivity contribution in [2.75, 3.05) is 10.5 Å². The Morgan fingerprint density at radius 3 is 2.19 bits per heavy atom. The lowest BCUT2D eigenvalue weighted by Gasteiger charge is -2.14. The minimum atomic E-state index is -3.68. The zero-order valence-corrected chi connectivity index (χ0v) is 15.4. The summed E-state index contributed by atoms with van der Waals surface area (Å²) in [5.41, 5.74) is 8.24. The van der Waals surface area contributed by atoms with Crippen LogP contribution in [0.4, 0.5) is 11.4 Å². The van der Waals surface area contributed by atoms with Crippen molar-refractivity contribution in [3.05, 3.63) is 50.4 Å². The standard InChI is InChI=1S/C14H14Br2N2O2S/c1-8-3-4-9(2)13(5-8)21(19,20)18-14-11(15)6-10(17)7-12(14)16/h3-7,18H,17H2,1-2H3. The number of hydrogen-bond acceptors (Lipinski definition) is 3. The SMILES string of the molecule is Cc1ccc(C)c(S(=O)(=O)Nc2c(Br)cc(N)cc2Br)c1. The Bertz CT molecular complexity index is 782. The maximum absolute atomic E-state index is 12.6. The third kappa shape index (κ3) is 3.59. The van der Waals surface area contributed by atoms with Gasteiger partial charge in [0.05, 0.1) is 10.6 Å². The van der Waals surface area contributed by atoms with Crippen LogP contribution in [0.25, 0.3) is 0 Å². The summed E-state index contributed by atoms with van der Waals surface area (Å²) in [5.74, 6) is 0. The largest absolute Gasteiger partial charge is 0.399 e. The van der Waals surface area contributed by atoms with Crippen LogP contribution in [0.15, 0.2) is 44.2 Å². The van der Waals surface area contributed by atoms with E-state index in [4.69, 9.17) is 5.73 Å². The summed E-state index contributed by atoms with van der Waals surface area (Å²) in [5, 5.41) is 0. The summed E-state index contributed by atoms with van der Waals surface area (Å²) in [6.07, 6.45) is 0. The number of nitrogens with one attached hydrogen (secondary N) is 1. The van der Waals surface area contributed by atoms with Gasteiger partial charge in [0.1, 0.15) is 0 Å². The first-order chi connectivity index (χ1) is 9.70. The molecule has 0 unspecified atom stereocenters. The molecule has 0 saturated heterocycles. The van der Waals surface area contributed by atoms with Gasteiger partial charge in [-0.3, -0.25) is 4.72 Å². The molecule has 0 aliphatic heterocycles. The monoisotopic (exact) mass is 432 g/mol. The lowest BCUT2D eigenvalue weighted by molar-refractivity contribution is 0.600. The summed E-state index contributed by atoms with van der Waals surface area (Å²) >= 11 is 6.64. The van der Waals surface area contributed by atoms with Gasteiger partial charge in [0.2, 0.25) is 0 Å². The van der Waals surface area contributed by atoms with Crippen LogP contribution in [-0.4, -0.2) is 8.42 Å². The molecule has 7 heteroatoms. The van der Waals surface area contributed by atoms with Crippen molar-refractivity contribution in [2.45, 2.75) is 18.7 Å². The van der Waals surface area contributed by atoms with Crippen molar-refractivity contribution in [1.82, 2.24) is 0 Å². The minimum absolute atomic E-state index is 0.262. The summed E-state index contributed by atoms with van der Waals surface area (Å²) in [4.78, 5) is 0.262. The van der Waals surface area contributed by atoms with Crippen LogP contribution in [0.5, 0.6) is 0 Å². The Labute approximate surface area is 141 Å². The number of aryl methyl sites for hydroxylation is 2. The second kappa shape index (κ2) is 5.98. The molecule has 2 aromatic rings. The Hall–Kier alpha value is -1.05. The molecule has 0 fully saturated rings. The third-order valence-corrected chi connectivity index (χ3v) is 5.68. The molecule has 4 nitrogen and oxygen atoms in total. The molecule has 0 aliphatic carbocycles. The topological polar surface area (TPSA) is 72.2 Å². The fourth-order valence-electron chi connectivity index (χ4n) is 1.88. The number of halogens is 2.